The van der Waals surface area contributed by atoms with Crippen LogP contribution < -0.4 is 5.73 Å². The van der Waals surface area contributed by atoms with Gasteiger partial charge in [-0.3, -0.25) is 4.79 Å². The van der Waals surface area contributed by atoms with Gasteiger partial charge in [-0.1, -0.05) is 25.3 Å². The Bertz CT molecular complexity index is 200. The zero-order valence-electron chi connectivity index (χ0n) is 8.87. The predicted molar refractivity (Wildman–Crippen MR) is 59.0 cm³/mol. The largest absolute Gasteiger partial charge is 0.327 e. The lowest BCUT2D eigenvalue weighted by Crippen LogP contribution is -2.34. The number of carbonyl (C=O) groups excluding carboxylic acids is 1. The molecule has 0 radical (unpaired) electrons. The molecule has 0 aromatic rings. The van der Waals surface area contributed by atoms with Gasteiger partial charge in [0.2, 0.25) is 0 Å². The number of hydrogen-bond donors (Lipinski definition) is 1. The van der Waals surface area contributed by atoms with Gasteiger partial charge < -0.3 is 5.73 Å². The highest BCUT2D eigenvalue weighted by Gasteiger charge is 2.25. The van der Waals surface area contributed by atoms with Crippen LogP contribution in [0.4, 0.5) is 0 Å². The second kappa shape index (κ2) is 5.97. The normalized spacial score (nSPS) is 28.1. The number of Topliss-reactive ketones (excluding diaryl/α,β-unsaturated/α-hetero) is 1. The first-order chi connectivity index (χ1) is 6.75. The Morgan fingerprint density at radius 2 is 2.07 bits per heavy atom. The quantitative estimate of drug-likeness (QED) is 0.553. The van der Waals surface area contributed by atoms with Crippen molar-refractivity contribution in [3.8, 4) is 0 Å². The average Bonchev–Trinajstić information content (AvgIpc) is 2.39. The highest BCUT2D eigenvalue weighted by Crippen LogP contribution is 2.24. The Hall–Kier alpha value is -0.630. The molecule has 1 rings (SSSR count). The smallest absolute Gasteiger partial charge is 0.137 e. The highest BCUT2D eigenvalue weighted by molar-refractivity contribution is 5.81. The fourth-order valence-electron chi connectivity index (χ4n) is 2.17. The minimum atomic E-state index is 0.106. The van der Waals surface area contributed by atoms with E-state index >= 15 is 0 Å². The first-order valence-corrected chi connectivity index (χ1v) is 5.65. The predicted octanol–water partition coefficient (Wildman–Crippen LogP) is 2.43. The molecule has 1 saturated carbocycles. The lowest BCUT2D eigenvalue weighted by molar-refractivity contribution is -0.123. The van der Waals surface area contributed by atoms with Gasteiger partial charge in [0.1, 0.15) is 5.78 Å². The third-order valence-corrected chi connectivity index (χ3v) is 3.08. The van der Waals surface area contributed by atoms with Crippen LogP contribution in [0.1, 0.15) is 44.9 Å². The summed E-state index contributed by atoms with van der Waals surface area (Å²) < 4.78 is 0. The molecule has 14 heavy (non-hydrogen) atoms. The summed E-state index contributed by atoms with van der Waals surface area (Å²) in [5.74, 6) is 0.469. The molecular weight excluding hydrogens is 174 g/mol. The lowest BCUT2D eigenvalue weighted by atomic mass is 9.89. The number of rotatable bonds is 4. The third-order valence-electron chi connectivity index (χ3n) is 3.08. The van der Waals surface area contributed by atoms with Gasteiger partial charge in [0, 0.05) is 18.4 Å². The minimum Gasteiger partial charge on any atom is -0.327 e. The van der Waals surface area contributed by atoms with Gasteiger partial charge in [0.15, 0.2) is 0 Å². The zero-order valence-corrected chi connectivity index (χ0v) is 8.87. The topological polar surface area (TPSA) is 43.1 Å². The van der Waals surface area contributed by atoms with Crippen molar-refractivity contribution in [2.24, 2.45) is 11.7 Å². The fourth-order valence-corrected chi connectivity index (χ4v) is 2.17. The summed E-state index contributed by atoms with van der Waals surface area (Å²) in [6, 6.07) is 0.106. The summed E-state index contributed by atoms with van der Waals surface area (Å²) in [7, 11) is 0. The van der Waals surface area contributed by atoms with Gasteiger partial charge >= 0.3 is 0 Å². The van der Waals surface area contributed by atoms with Crippen molar-refractivity contribution >= 4 is 5.78 Å². The maximum absolute atomic E-state index is 11.8. The van der Waals surface area contributed by atoms with E-state index in [1.54, 1.807) is 6.08 Å². The second-order valence-corrected chi connectivity index (χ2v) is 4.20. The molecule has 1 aliphatic carbocycles. The summed E-state index contributed by atoms with van der Waals surface area (Å²) in [6.07, 6.45) is 8.83. The van der Waals surface area contributed by atoms with Crippen LogP contribution in [0.15, 0.2) is 12.7 Å². The number of hydrogen-bond acceptors (Lipinski definition) is 2. The molecule has 2 heteroatoms. The molecule has 2 atom stereocenters. The van der Waals surface area contributed by atoms with Crippen molar-refractivity contribution in [1.29, 1.82) is 0 Å². The van der Waals surface area contributed by atoms with Crippen molar-refractivity contribution in [2.75, 3.05) is 0 Å². The molecule has 0 heterocycles. The van der Waals surface area contributed by atoms with Crippen LogP contribution in [0.25, 0.3) is 0 Å². The van der Waals surface area contributed by atoms with Crippen molar-refractivity contribution < 1.29 is 4.79 Å². The van der Waals surface area contributed by atoms with E-state index in [0.717, 1.165) is 25.7 Å². The Morgan fingerprint density at radius 1 is 1.36 bits per heavy atom. The monoisotopic (exact) mass is 195 g/mol. The molecule has 2 N–H and O–H groups in total. The van der Waals surface area contributed by atoms with Crippen LogP contribution >= 0.6 is 0 Å². The molecule has 1 aliphatic rings. The fraction of sp³-hybridized carbons (Fsp3) is 0.750. The Labute approximate surface area is 86.6 Å². The molecule has 1 fully saturated rings. The van der Waals surface area contributed by atoms with E-state index in [2.05, 4.69) is 6.58 Å². The van der Waals surface area contributed by atoms with E-state index in [4.69, 9.17) is 5.73 Å². The van der Waals surface area contributed by atoms with Gasteiger partial charge in [-0.15, -0.1) is 6.58 Å². The lowest BCUT2D eigenvalue weighted by Gasteiger charge is -2.19. The third kappa shape index (κ3) is 3.26. The molecule has 2 unspecified atom stereocenters. The van der Waals surface area contributed by atoms with E-state index in [1.165, 1.54) is 12.8 Å². The zero-order chi connectivity index (χ0) is 10.4. The van der Waals surface area contributed by atoms with Gasteiger partial charge in [-0.05, 0) is 19.3 Å². The molecule has 0 aromatic heterocycles. The van der Waals surface area contributed by atoms with Crippen LogP contribution in [0.5, 0.6) is 0 Å². The van der Waals surface area contributed by atoms with Crippen LogP contribution in [0.3, 0.4) is 0 Å². The summed E-state index contributed by atoms with van der Waals surface area (Å²) in [5.41, 5.74) is 6.00. The van der Waals surface area contributed by atoms with Gasteiger partial charge in [-0.25, -0.2) is 0 Å². The Kier molecular flexibility index (Phi) is 4.88. The Balaban J connectivity index is 2.45. The van der Waals surface area contributed by atoms with Crippen molar-refractivity contribution in [1.82, 2.24) is 0 Å². The van der Waals surface area contributed by atoms with Crippen molar-refractivity contribution in [3.63, 3.8) is 0 Å². The number of carbonyl (C=O) groups is 1. The van der Waals surface area contributed by atoms with Crippen LogP contribution in [-0.2, 0) is 4.79 Å². The van der Waals surface area contributed by atoms with Crippen LogP contribution in [0, 0.1) is 5.92 Å². The summed E-state index contributed by atoms with van der Waals surface area (Å²) in [6.45, 7) is 3.63. The maximum atomic E-state index is 11.8. The number of allylic oxidation sites excluding steroid dienone is 1. The van der Waals surface area contributed by atoms with Crippen LogP contribution in [0.2, 0.25) is 0 Å². The Morgan fingerprint density at radius 3 is 2.79 bits per heavy atom. The van der Waals surface area contributed by atoms with Gasteiger partial charge in [0.25, 0.3) is 0 Å². The first-order valence-electron chi connectivity index (χ1n) is 5.65. The van der Waals surface area contributed by atoms with Crippen LogP contribution in [-0.4, -0.2) is 11.8 Å². The van der Waals surface area contributed by atoms with E-state index < -0.39 is 0 Å². The number of ketones is 1. The average molecular weight is 195 g/mol. The molecule has 80 valence electrons. The maximum Gasteiger partial charge on any atom is 0.137 e. The standard InChI is InChI=1S/C12H21NO/c1-2-3-9-12(14)10-7-5-4-6-8-11(10)13/h2,10-11H,1,3-9,13H2. The molecule has 0 bridgehead atoms. The molecule has 0 saturated heterocycles. The van der Waals surface area contributed by atoms with Crippen molar-refractivity contribution in [2.45, 2.75) is 51.0 Å². The van der Waals surface area contributed by atoms with Crippen molar-refractivity contribution in [3.05, 3.63) is 12.7 Å². The van der Waals surface area contributed by atoms with E-state index in [1.807, 2.05) is 0 Å². The second-order valence-electron chi connectivity index (χ2n) is 4.20. The van der Waals surface area contributed by atoms with E-state index in [9.17, 15) is 4.79 Å². The summed E-state index contributed by atoms with van der Waals surface area (Å²) in [4.78, 5) is 11.8. The summed E-state index contributed by atoms with van der Waals surface area (Å²) in [5, 5.41) is 0. The van der Waals surface area contributed by atoms with Gasteiger partial charge in [0.05, 0.1) is 0 Å². The van der Waals surface area contributed by atoms with Gasteiger partial charge in [-0.2, -0.15) is 0 Å². The minimum absolute atomic E-state index is 0.106. The first kappa shape index (κ1) is 11.4. The number of nitrogens with two attached hydrogens (primary N) is 1. The molecule has 0 amide bonds. The molecule has 0 aliphatic heterocycles. The molecule has 2 nitrogen and oxygen atoms in total. The highest BCUT2D eigenvalue weighted by atomic mass is 16.1. The summed E-state index contributed by atoms with van der Waals surface area (Å²) >= 11 is 0. The molecular formula is C12H21NO. The van der Waals surface area contributed by atoms with E-state index in [0.29, 0.717) is 12.2 Å². The van der Waals surface area contributed by atoms with E-state index in [-0.39, 0.29) is 12.0 Å². The molecule has 0 spiro atoms. The molecule has 0 aromatic carbocycles. The SMILES string of the molecule is C=CCCC(=O)C1CCCCCC1N.